The van der Waals surface area contributed by atoms with Gasteiger partial charge in [-0.25, -0.2) is 4.79 Å². The van der Waals surface area contributed by atoms with Gasteiger partial charge < -0.3 is 15.3 Å². The van der Waals surface area contributed by atoms with Gasteiger partial charge >= 0.3 is 6.09 Å². The van der Waals surface area contributed by atoms with E-state index in [1.165, 1.54) is 18.2 Å². The molecule has 0 spiro atoms. The lowest BCUT2D eigenvalue weighted by Crippen LogP contribution is -2.29. The first kappa shape index (κ1) is 11.1. The van der Waals surface area contributed by atoms with Crippen LogP contribution in [-0.4, -0.2) is 32.9 Å². The summed E-state index contributed by atoms with van der Waals surface area (Å²) >= 11 is 0. The van der Waals surface area contributed by atoms with Crippen LogP contribution < -0.4 is 0 Å². The van der Waals surface area contributed by atoms with Crippen LogP contribution in [0.1, 0.15) is 5.56 Å². The summed E-state index contributed by atoms with van der Waals surface area (Å²) in [6.45, 7) is 0.238. The van der Waals surface area contributed by atoms with E-state index in [0.717, 1.165) is 4.90 Å². The number of benzene rings is 1. The number of rotatable bonds is 1. The average molecular weight is 233 g/mol. The number of aromatic hydroxyl groups is 2. The maximum atomic E-state index is 11.0. The van der Waals surface area contributed by atoms with Crippen molar-refractivity contribution in [3.05, 3.63) is 42.0 Å². The molecule has 1 amide bonds. The Morgan fingerprint density at radius 3 is 2.71 bits per heavy atom. The van der Waals surface area contributed by atoms with Crippen LogP contribution in [0.25, 0.3) is 5.70 Å². The Labute approximate surface area is 97.5 Å². The Kier molecular flexibility index (Phi) is 2.74. The molecule has 0 aliphatic carbocycles. The zero-order chi connectivity index (χ0) is 12.4. The molecule has 5 nitrogen and oxygen atoms in total. The van der Waals surface area contributed by atoms with Gasteiger partial charge in [0, 0.05) is 18.2 Å². The van der Waals surface area contributed by atoms with Gasteiger partial charge in [-0.15, -0.1) is 0 Å². The summed E-state index contributed by atoms with van der Waals surface area (Å²) in [6.07, 6.45) is 3.94. The average Bonchev–Trinajstić information content (AvgIpc) is 2.29. The van der Waals surface area contributed by atoms with Crippen LogP contribution in [-0.2, 0) is 0 Å². The standard InChI is InChI=1S/C12H11NO4/c14-8-4-5-9(11(15)7-8)10-3-1-2-6-13(10)12(16)17/h1-5,7,14-15H,6H2,(H,16,17). The third kappa shape index (κ3) is 2.08. The molecule has 0 atom stereocenters. The number of phenolic OH excluding ortho intramolecular Hbond substituents is 2. The largest absolute Gasteiger partial charge is 0.508 e. The number of hydrogen-bond donors (Lipinski definition) is 3. The van der Waals surface area contributed by atoms with E-state index in [0.29, 0.717) is 11.3 Å². The first-order chi connectivity index (χ1) is 8.09. The van der Waals surface area contributed by atoms with Gasteiger partial charge in [-0.2, -0.15) is 0 Å². The molecule has 0 saturated heterocycles. The van der Waals surface area contributed by atoms with Gasteiger partial charge in [-0.1, -0.05) is 12.2 Å². The number of amides is 1. The quantitative estimate of drug-likeness (QED) is 0.692. The van der Waals surface area contributed by atoms with Gasteiger partial charge in [0.15, 0.2) is 0 Å². The van der Waals surface area contributed by atoms with E-state index in [-0.39, 0.29) is 18.0 Å². The Morgan fingerprint density at radius 1 is 1.29 bits per heavy atom. The number of nitrogens with zero attached hydrogens (tertiary/aromatic N) is 1. The van der Waals surface area contributed by atoms with Crippen LogP contribution in [0.3, 0.4) is 0 Å². The number of carboxylic acid groups (broad SMARTS) is 1. The monoisotopic (exact) mass is 233 g/mol. The van der Waals surface area contributed by atoms with Crippen molar-refractivity contribution in [3.8, 4) is 11.5 Å². The van der Waals surface area contributed by atoms with Gasteiger partial charge in [0.1, 0.15) is 11.5 Å². The van der Waals surface area contributed by atoms with E-state index in [4.69, 9.17) is 5.11 Å². The molecule has 0 unspecified atom stereocenters. The molecule has 2 rings (SSSR count). The predicted molar refractivity (Wildman–Crippen MR) is 61.6 cm³/mol. The smallest absolute Gasteiger partial charge is 0.412 e. The van der Waals surface area contributed by atoms with Gasteiger partial charge in [-0.05, 0) is 18.2 Å². The molecule has 5 heteroatoms. The molecular weight excluding hydrogens is 222 g/mol. The molecule has 17 heavy (non-hydrogen) atoms. The lowest BCUT2D eigenvalue weighted by Gasteiger charge is -2.23. The van der Waals surface area contributed by atoms with Crippen LogP contribution in [0.15, 0.2) is 36.4 Å². The molecule has 88 valence electrons. The Balaban J connectivity index is 2.47. The van der Waals surface area contributed by atoms with Crippen molar-refractivity contribution in [2.75, 3.05) is 6.54 Å². The van der Waals surface area contributed by atoms with Crippen LogP contribution in [0.2, 0.25) is 0 Å². The zero-order valence-electron chi connectivity index (χ0n) is 8.87. The number of phenols is 2. The fourth-order valence-corrected chi connectivity index (χ4v) is 1.67. The fourth-order valence-electron chi connectivity index (χ4n) is 1.67. The second-order valence-corrected chi connectivity index (χ2v) is 3.57. The van der Waals surface area contributed by atoms with Crippen LogP contribution in [0.4, 0.5) is 4.79 Å². The second-order valence-electron chi connectivity index (χ2n) is 3.57. The first-order valence-electron chi connectivity index (χ1n) is 4.99. The summed E-state index contributed by atoms with van der Waals surface area (Å²) in [5.41, 5.74) is 0.757. The van der Waals surface area contributed by atoms with Crippen molar-refractivity contribution in [2.45, 2.75) is 0 Å². The third-order valence-electron chi connectivity index (χ3n) is 2.46. The van der Waals surface area contributed by atoms with Crippen molar-refractivity contribution in [1.82, 2.24) is 4.90 Å². The first-order valence-corrected chi connectivity index (χ1v) is 4.99. The van der Waals surface area contributed by atoms with E-state index >= 15 is 0 Å². The molecule has 0 radical (unpaired) electrons. The molecule has 1 aliphatic rings. The van der Waals surface area contributed by atoms with Crippen molar-refractivity contribution < 1.29 is 20.1 Å². The van der Waals surface area contributed by atoms with Gasteiger partial charge in [0.2, 0.25) is 0 Å². The van der Waals surface area contributed by atoms with Crippen molar-refractivity contribution in [2.24, 2.45) is 0 Å². The van der Waals surface area contributed by atoms with Gasteiger partial charge in [-0.3, -0.25) is 4.90 Å². The zero-order valence-corrected chi connectivity index (χ0v) is 8.87. The van der Waals surface area contributed by atoms with Crippen molar-refractivity contribution in [3.63, 3.8) is 0 Å². The molecular formula is C12H11NO4. The van der Waals surface area contributed by atoms with Crippen molar-refractivity contribution >= 4 is 11.8 Å². The minimum absolute atomic E-state index is 0.0694. The summed E-state index contributed by atoms with van der Waals surface area (Å²) in [7, 11) is 0. The maximum absolute atomic E-state index is 11.0. The molecule has 0 fully saturated rings. The van der Waals surface area contributed by atoms with Crippen LogP contribution >= 0.6 is 0 Å². The van der Waals surface area contributed by atoms with Crippen molar-refractivity contribution in [1.29, 1.82) is 0 Å². The highest BCUT2D eigenvalue weighted by molar-refractivity contribution is 5.84. The van der Waals surface area contributed by atoms with E-state index in [9.17, 15) is 15.0 Å². The van der Waals surface area contributed by atoms with E-state index in [1.807, 2.05) is 0 Å². The lowest BCUT2D eigenvalue weighted by atomic mass is 10.1. The van der Waals surface area contributed by atoms with E-state index < -0.39 is 6.09 Å². The molecule has 1 aromatic carbocycles. The lowest BCUT2D eigenvalue weighted by molar-refractivity contribution is 0.169. The molecule has 0 saturated carbocycles. The number of hydrogen-bond acceptors (Lipinski definition) is 3. The highest BCUT2D eigenvalue weighted by Crippen LogP contribution is 2.31. The summed E-state index contributed by atoms with van der Waals surface area (Å²) in [5.74, 6) is -0.224. The number of carbonyl (C=O) groups is 1. The van der Waals surface area contributed by atoms with Gasteiger partial charge in [0.25, 0.3) is 0 Å². The Hall–Kier alpha value is -2.43. The minimum atomic E-state index is -1.09. The number of allylic oxidation sites excluding steroid dienone is 2. The Bertz CT molecular complexity index is 519. The molecule has 1 aliphatic heterocycles. The van der Waals surface area contributed by atoms with Gasteiger partial charge in [0.05, 0.1) is 5.70 Å². The maximum Gasteiger partial charge on any atom is 0.412 e. The Morgan fingerprint density at radius 2 is 2.06 bits per heavy atom. The summed E-state index contributed by atoms with van der Waals surface area (Å²) in [5, 5.41) is 27.9. The van der Waals surface area contributed by atoms with Crippen LogP contribution in [0.5, 0.6) is 11.5 Å². The fraction of sp³-hybridized carbons (Fsp3) is 0.0833. The predicted octanol–water partition coefficient (Wildman–Crippen LogP) is 1.99. The summed E-state index contributed by atoms with van der Waals surface area (Å²) in [4.78, 5) is 12.2. The molecule has 0 aromatic heterocycles. The highest BCUT2D eigenvalue weighted by Gasteiger charge is 2.21. The molecule has 1 heterocycles. The molecule has 0 bridgehead atoms. The van der Waals surface area contributed by atoms with E-state index in [1.54, 1.807) is 18.2 Å². The summed E-state index contributed by atoms with van der Waals surface area (Å²) < 4.78 is 0. The molecule has 1 aromatic rings. The third-order valence-corrected chi connectivity index (χ3v) is 2.46. The summed E-state index contributed by atoms with van der Waals surface area (Å²) in [6, 6.07) is 4.05. The highest BCUT2D eigenvalue weighted by atomic mass is 16.4. The normalized spacial score (nSPS) is 14.6. The topological polar surface area (TPSA) is 81.0 Å². The minimum Gasteiger partial charge on any atom is -0.508 e. The second kappa shape index (κ2) is 4.21. The van der Waals surface area contributed by atoms with E-state index in [2.05, 4.69) is 0 Å². The van der Waals surface area contributed by atoms with Crippen LogP contribution in [0, 0.1) is 0 Å². The SMILES string of the molecule is O=C(O)N1CC=CC=C1c1ccc(O)cc1O. The molecule has 3 N–H and O–H groups in total.